The van der Waals surface area contributed by atoms with Gasteiger partial charge in [-0.1, -0.05) is 15.9 Å². The van der Waals surface area contributed by atoms with Gasteiger partial charge >= 0.3 is 0 Å². The summed E-state index contributed by atoms with van der Waals surface area (Å²) in [4.78, 5) is 14.2. The first-order valence-corrected chi connectivity index (χ1v) is 5.53. The minimum absolute atomic E-state index is 0.0817. The number of carbonyl (C=O) groups excluding carboxylic acids is 1. The predicted octanol–water partition coefficient (Wildman–Crippen LogP) is 1.33. The van der Waals surface area contributed by atoms with E-state index >= 15 is 0 Å². The maximum atomic E-state index is 11.9. The van der Waals surface area contributed by atoms with Crippen molar-refractivity contribution < 1.29 is 4.79 Å². The molecule has 1 aromatic rings. The Balaban J connectivity index is 2.13. The highest BCUT2D eigenvalue weighted by Crippen LogP contribution is 2.19. The maximum Gasteiger partial charge on any atom is 0.257 e. The summed E-state index contributed by atoms with van der Waals surface area (Å²) in [5.41, 5.74) is 1.53. The van der Waals surface area contributed by atoms with Crippen LogP contribution in [0.2, 0.25) is 0 Å². The van der Waals surface area contributed by atoms with Gasteiger partial charge in [0.05, 0.1) is 11.8 Å². The minimum atomic E-state index is 0.0817. The number of amides is 1. The molecule has 1 atom stereocenters. The van der Waals surface area contributed by atoms with Crippen molar-refractivity contribution in [3.63, 3.8) is 0 Å². The summed E-state index contributed by atoms with van der Waals surface area (Å²) < 4.78 is 0. The number of aromatic amines is 1. The molecule has 0 aliphatic carbocycles. The van der Waals surface area contributed by atoms with E-state index in [0.29, 0.717) is 10.4 Å². The molecule has 0 spiro atoms. The van der Waals surface area contributed by atoms with E-state index in [-0.39, 0.29) is 5.91 Å². The second kappa shape index (κ2) is 3.73. The lowest BCUT2D eigenvalue weighted by atomic mass is 10.2. The van der Waals surface area contributed by atoms with Gasteiger partial charge in [0.1, 0.15) is 0 Å². The molecule has 1 fully saturated rings. The SMILES string of the molecule is Cc1[nH]ncc1C(=O)N1CCC(Br)C1. The third-order valence-corrected chi connectivity index (χ3v) is 3.23. The van der Waals surface area contributed by atoms with Crippen LogP contribution in [-0.2, 0) is 0 Å². The highest BCUT2D eigenvalue weighted by molar-refractivity contribution is 9.09. The summed E-state index contributed by atoms with van der Waals surface area (Å²) in [7, 11) is 0. The van der Waals surface area contributed by atoms with Crippen molar-refractivity contribution in [2.45, 2.75) is 18.2 Å². The molecular weight excluding hydrogens is 246 g/mol. The molecule has 2 rings (SSSR count). The molecule has 1 saturated heterocycles. The topological polar surface area (TPSA) is 49.0 Å². The van der Waals surface area contributed by atoms with Crippen LogP contribution in [0.15, 0.2) is 6.20 Å². The van der Waals surface area contributed by atoms with Gasteiger partial charge in [0, 0.05) is 23.6 Å². The van der Waals surface area contributed by atoms with Gasteiger partial charge in [0.25, 0.3) is 5.91 Å². The van der Waals surface area contributed by atoms with Gasteiger partial charge in [-0.05, 0) is 13.3 Å². The molecule has 0 bridgehead atoms. The van der Waals surface area contributed by atoms with Crippen molar-refractivity contribution in [3.05, 3.63) is 17.5 Å². The average molecular weight is 258 g/mol. The summed E-state index contributed by atoms with van der Waals surface area (Å²) in [5.74, 6) is 0.0817. The molecule has 1 aromatic heterocycles. The molecule has 0 saturated carbocycles. The number of hydrogen-bond donors (Lipinski definition) is 1. The average Bonchev–Trinajstić information content (AvgIpc) is 2.73. The number of alkyl halides is 1. The number of likely N-dealkylation sites (tertiary alicyclic amines) is 1. The second-order valence-corrected chi connectivity index (χ2v) is 4.84. The van der Waals surface area contributed by atoms with Crippen molar-refractivity contribution in [1.82, 2.24) is 15.1 Å². The first-order valence-electron chi connectivity index (χ1n) is 4.62. The van der Waals surface area contributed by atoms with Crippen molar-refractivity contribution in [3.8, 4) is 0 Å². The number of H-pyrrole nitrogens is 1. The van der Waals surface area contributed by atoms with Crippen molar-refractivity contribution in [1.29, 1.82) is 0 Å². The zero-order valence-electron chi connectivity index (χ0n) is 7.96. The van der Waals surface area contributed by atoms with Gasteiger partial charge in [-0.2, -0.15) is 5.10 Å². The van der Waals surface area contributed by atoms with Crippen LogP contribution in [0.5, 0.6) is 0 Å². The molecule has 2 heterocycles. The van der Waals surface area contributed by atoms with Crippen LogP contribution < -0.4 is 0 Å². The van der Waals surface area contributed by atoms with E-state index in [0.717, 1.165) is 25.2 Å². The number of aromatic nitrogens is 2. The molecule has 1 N–H and O–H groups in total. The van der Waals surface area contributed by atoms with E-state index in [2.05, 4.69) is 26.1 Å². The van der Waals surface area contributed by atoms with Crippen molar-refractivity contribution >= 4 is 21.8 Å². The monoisotopic (exact) mass is 257 g/mol. The Hall–Kier alpha value is -0.840. The zero-order valence-corrected chi connectivity index (χ0v) is 9.54. The lowest BCUT2D eigenvalue weighted by molar-refractivity contribution is 0.0793. The van der Waals surface area contributed by atoms with Gasteiger partial charge in [-0.15, -0.1) is 0 Å². The minimum Gasteiger partial charge on any atom is -0.337 e. The molecular formula is C9H12BrN3O. The predicted molar refractivity (Wildman–Crippen MR) is 56.6 cm³/mol. The Morgan fingerprint density at radius 1 is 1.79 bits per heavy atom. The van der Waals surface area contributed by atoms with Gasteiger partial charge in [-0.3, -0.25) is 9.89 Å². The molecule has 0 radical (unpaired) electrons. The standard InChI is InChI=1S/C9H12BrN3O/c1-6-8(4-11-12-6)9(14)13-3-2-7(10)5-13/h4,7H,2-3,5H2,1H3,(H,11,12). The number of rotatable bonds is 1. The molecule has 1 aliphatic rings. The van der Waals surface area contributed by atoms with Gasteiger partial charge < -0.3 is 4.90 Å². The number of aryl methyl sites for hydroxylation is 1. The molecule has 76 valence electrons. The molecule has 5 heteroatoms. The van der Waals surface area contributed by atoms with Crippen molar-refractivity contribution in [2.24, 2.45) is 0 Å². The molecule has 14 heavy (non-hydrogen) atoms. The largest absolute Gasteiger partial charge is 0.337 e. The quantitative estimate of drug-likeness (QED) is 0.772. The summed E-state index contributed by atoms with van der Waals surface area (Å²) in [6.07, 6.45) is 2.63. The van der Waals surface area contributed by atoms with E-state index in [4.69, 9.17) is 0 Å². The number of carbonyl (C=O) groups is 1. The van der Waals surface area contributed by atoms with Crippen LogP contribution in [0.3, 0.4) is 0 Å². The van der Waals surface area contributed by atoms with E-state index in [1.807, 2.05) is 11.8 Å². The first-order chi connectivity index (χ1) is 6.68. The zero-order chi connectivity index (χ0) is 10.1. The second-order valence-electron chi connectivity index (χ2n) is 3.55. The Bertz CT molecular complexity index is 350. The fourth-order valence-corrected chi connectivity index (χ4v) is 2.19. The van der Waals surface area contributed by atoms with E-state index in [9.17, 15) is 4.79 Å². The number of hydrogen-bond acceptors (Lipinski definition) is 2. The highest BCUT2D eigenvalue weighted by atomic mass is 79.9. The fraction of sp³-hybridized carbons (Fsp3) is 0.556. The first kappa shape index (κ1) is 9.71. The van der Waals surface area contributed by atoms with Crippen LogP contribution in [0.25, 0.3) is 0 Å². The van der Waals surface area contributed by atoms with E-state index in [1.54, 1.807) is 6.20 Å². The van der Waals surface area contributed by atoms with Crippen LogP contribution in [0.4, 0.5) is 0 Å². The number of nitrogens with one attached hydrogen (secondary N) is 1. The lowest BCUT2D eigenvalue weighted by Crippen LogP contribution is -2.28. The van der Waals surface area contributed by atoms with Crippen LogP contribution in [0.1, 0.15) is 22.5 Å². The molecule has 4 nitrogen and oxygen atoms in total. The van der Waals surface area contributed by atoms with E-state index in [1.165, 1.54) is 0 Å². The fourth-order valence-electron chi connectivity index (χ4n) is 1.64. The third kappa shape index (κ3) is 1.68. The van der Waals surface area contributed by atoms with Gasteiger partial charge in [0.2, 0.25) is 0 Å². The normalized spacial score (nSPS) is 21.6. The van der Waals surface area contributed by atoms with Crippen LogP contribution >= 0.6 is 15.9 Å². The summed E-state index contributed by atoms with van der Waals surface area (Å²) in [6.45, 7) is 3.49. The Labute approximate surface area is 90.8 Å². The number of halogens is 1. The highest BCUT2D eigenvalue weighted by Gasteiger charge is 2.26. The Morgan fingerprint density at radius 3 is 3.07 bits per heavy atom. The number of nitrogens with zero attached hydrogens (tertiary/aromatic N) is 2. The van der Waals surface area contributed by atoms with Gasteiger partial charge in [-0.25, -0.2) is 0 Å². The molecule has 1 unspecified atom stereocenters. The van der Waals surface area contributed by atoms with Gasteiger partial charge in [0.15, 0.2) is 0 Å². The smallest absolute Gasteiger partial charge is 0.257 e. The summed E-state index contributed by atoms with van der Waals surface area (Å²) >= 11 is 3.51. The molecule has 0 aromatic carbocycles. The van der Waals surface area contributed by atoms with E-state index < -0.39 is 0 Å². The van der Waals surface area contributed by atoms with Crippen LogP contribution in [0, 0.1) is 6.92 Å². The Morgan fingerprint density at radius 2 is 2.57 bits per heavy atom. The van der Waals surface area contributed by atoms with Crippen LogP contribution in [-0.4, -0.2) is 38.9 Å². The lowest BCUT2D eigenvalue weighted by Gasteiger charge is -2.14. The van der Waals surface area contributed by atoms with Crippen molar-refractivity contribution in [2.75, 3.05) is 13.1 Å². The Kier molecular flexibility index (Phi) is 2.58. The third-order valence-electron chi connectivity index (χ3n) is 2.48. The summed E-state index contributed by atoms with van der Waals surface area (Å²) in [6, 6.07) is 0. The molecule has 1 amide bonds. The maximum absolute atomic E-state index is 11.9. The molecule has 1 aliphatic heterocycles. The summed E-state index contributed by atoms with van der Waals surface area (Å²) in [5, 5.41) is 6.62.